The number of aromatic amines is 1. The van der Waals surface area contributed by atoms with Gasteiger partial charge in [0, 0.05) is 6.54 Å². The van der Waals surface area contributed by atoms with Gasteiger partial charge in [0.1, 0.15) is 29.9 Å². The summed E-state index contributed by atoms with van der Waals surface area (Å²) in [5.74, 6) is 2.90. The Morgan fingerprint density at radius 1 is 1.16 bits per heavy atom. The molecule has 3 aromatic heterocycles. The highest BCUT2D eigenvalue weighted by molar-refractivity contribution is 5.82. The van der Waals surface area contributed by atoms with Gasteiger partial charge in [-0.1, -0.05) is 0 Å². The Hall–Kier alpha value is -3.12. The maximum Gasteiger partial charge on any atom is 0.290 e. The first-order valence-electron chi connectivity index (χ1n) is 10.5. The number of fused-ring (bicyclic) bond motifs is 2. The molecular formula is C19H25N9O3. The Labute approximate surface area is 178 Å². The number of nitrogens with one attached hydrogen (secondary N) is 1. The summed E-state index contributed by atoms with van der Waals surface area (Å²) in [5, 5.41) is 15.7. The highest BCUT2D eigenvalue weighted by atomic mass is 16.5. The fourth-order valence-corrected chi connectivity index (χ4v) is 4.74. The summed E-state index contributed by atoms with van der Waals surface area (Å²) in [4.78, 5) is 29.3. The number of carboxylic acid groups (broad SMARTS) is 1. The lowest BCUT2D eigenvalue weighted by Crippen LogP contribution is -2.45. The Morgan fingerprint density at radius 2 is 2.00 bits per heavy atom. The minimum absolute atomic E-state index is 0.230. The van der Waals surface area contributed by atoms with Crippen LogP contribution in [0.3, 0.4) is 0 Å². The third kappa shape index (κ3) is 3.72. The quantitative estimate of drug-likeness (QED) is 0.566. The molecule has 12 heteroatoms. The van der Waals surface area contributed by atoms with E-state index in [9.17, 15) is 0 Å². The molecule has 0 aliphatic carbocycles. The maximum atomic E-state index is 8.36. The molecule has 1 spiro atoms. The molecule has 3 aliphatic rings. The lowest BCUT2D eigenvalue weighted by atomic mass is 10.0. The number of nitrogens with zero attached hydrogens (tertiary/aromatic N) is 8. The van der Waals surface area contributed by atoms with E-state index < -0.39 is 0 Å². The second kappa shape index (κ2) is 8.19. The highest BCUT2D eigenvalue weighted by Gasteiger charge is 2.44. The summed E-state index contributed by atoms with van der Waals surface area (Å²) in [7, 11) is 0. The van der Waals surface area contributed by atoms with E-state index in [0.29, 0.717) is 12.3 Å². The average Bonchev–Trinajstić information content (AvgIpc) is 3.57. The Balaban J connectivity index is 0.000000646. The van der Waals surface area contributed by atoms with Crippen LogP contribution in [0.25, 0.3) is 11.2 Å². The van der Waals surface area contributed by atoms with E-state index in [-0.39, 0.29) is 12.1 Å². The predicted molar refractivity (Wildman–Crippen MR) is 109 cm³/mol. The van der Waals surface area contributed by atoms with Crippen LogP contribution in [0.5, 0.6) is 0 Å². The first kappa shape index (κ1) is 19.8. The molecule has 0 saturated carbocycles. The molecule has 2 N–H and O–H groups in total. The fraction of sp³-hybridized carbons (Fsp3) is 0.579. The minimum Gasteiger partial charge on any atom is -0.483 e. The van der Waals surface area contributed by atoms with Crippen LogP contribution in [0.2, 0.25) is 0 Å². The van der Waals surface area contributed by atoms with Crippen molar-refractivity contribution in [2.24, 2.45) is 0 Å². The van der Waals surface area contributed by atoms with Gasteiger partial charge in [0.25, 0.3) is 6.47 Å². The number of hydrogen-bond acceptors (Lipinski definition) is 9. The van der Waals surface area contributed by atoms with Gasteiger partial charge in [0.2, 0.25) is 0 Å². The summed E-state index contributed by atoms with van der Waals surface area (Å²) in [6, 6.07) is 0. The van der Waals surface area contributed by atoms with E-state index in [2.05, 4.69) is 44.5 Å². The SMILES string of the molecule is O=CO.c1nc(N2CCC3(C2)Cn2c(nnc2CN2CCCC2)CO3)c2[nH]cnc2n1. The van der Waals surface area contributed by atoms with Gasteiger partial charge in [0.05, 0.1) is 26.0 Å². The zero-order valence-corrected chi connectivity index (χ0v) is 17.1. The molecule has 1 atom stereocenters. The van der Waals surface area contributed by atoms with Gasteiger partial charge in [-0.2, -0.15) is 0 Å². The smallest absolute Gasteiger partial charge is 0.290 e. The van der Waals surface area contributed by atoms with Crippen LogP contribution in [0.15, 0.2) is 12.7 Å². The molecule has 0 aromatic carbocycles. The van der Waals surface area contributed by atoms with E-state index in [1.807, 2.05) is 0 Å². The lowest BCUT2D eigenvalue weighted by Gasteiger charge is -2.35. The number of anilines is 1. The van der Waals surface area contributed by atoms with Gasteiger partial charge in [-0.05, 0) is 32.4 Å². The first-order chi connectivity index (χ1) is 15.2. The molecule has 0 radical (unpaired) electrons. The van der Waals surface area contributed by atoms with E-state index >= 15 is 0 Å². The molecule has 164 valence electrons. The largest absolute Gasteiger partial charge is 0.483 e. The van der Waals surface area contributed by atoms with Crippen LogP contribution in [0.1, 0.15) is 30.9 Å². The number of imidazole rings is 1. The number of rotatable bonds is 3. The second-order valence-corrected chi connectivity index (χ2v) is 8.15. The van der Waals surface area contributed by atoms with Gasteiger partial charge in [-0.15, -0.1) is 10.2 Å². The Morgan fingerprint density at radius 3 is 2.84 bits per heavy atom. The van der Waals surface area contributed by atoms with Crippen molar-refractivity contribution in [1.29, 1.82) is 0 Å². The molecule has 6 heterocycles. The molecule has 3 aliphatic heterocycles. The lowest BCUT2D eigenvalue weighted by molar-refractivity contribution is -0.122. The zero-order valence-electron chi connectivity index (χ0n) is 17.1. The Bertz CT molecular complexity index is 1060. The van der Waals surface area contributed by atoms with Crippen molar-refractivity contribution in [3.8, 4) is 0 Å². The number of likely N-dealkylation sites (tertiary alicyclic amines) is 1. The number of carbonyl (C=O) groups is 1. The van der Waals surface area contributed by atoms with Crippen molar-refractivity contribution in [1.82, 2.24) is 39.6 Å². The summed E-state index contributed by atoms with van der Waals surface area (Å²) >= 11 is 0. The van der Waals surface area contributed by atoms with Crippen LogP contribution in [0, 0.1) is 0 Å². The van der Waals surface area contributed by atoms with Gasteiger partial charge < -0.3 is 24.3 Å². The fourth-order valence-electron chi connectivity index (χ4n) is 4.74. The van der Waals surface area contributed by atoms with Crippen molar-refractivity contribution in [2.45, 2.75) is 44.6 Å². The molecular weight excluding hydrogens is 402 g/mol. The molecule has 12 nitrogen and oxygen atoms in total. The molecule has 31 heavy (non-hydrogen) atoms. The van der Waals surface area contributed by atoms with Gasteiger partial charge in [0.15, 0.2) is 17.3 Å². The van der Waals surface area contributed by atoms with Crippen LogP contribution < -0.4 is 4.90 Å². The summed E-state index contributed by atoms with van der Waals surface area (Å²) in [6.07, 6.45) is 6.76. The van der Waals surface area contributed by atoms with Crippen molar-refractivity contribution in [2.75, 3.05) is 31.1 Å². The zero-order chi connectivity index (χ0) is 21.3. The Kier molecular flexibility index (Phi) is 5.24. The van der Waals surface area contributed by atoms with Gasteiger partial charge in [-0.25, -0.2) is 15.0 Å². The third-order valence-electron chi connectivity index (χ3n) is 6.24. The monoisotopic (exact) mass is 427 g/mol. The highest BCUT2D eigenvalue weighted by Crippen LogP contribution is 2.35. The minimum atomic E-state index is -0.250. The predicted octanol–water partition coefficient (Wildman–Crippen LogP) is 0.420. The molecule has 0 bridgehead atoms. The van der Waals surface area contributed by atoms with E-state index in [1.165, 1.54) is 12.8 Å². The van der Waals surface area contributed by atoms with Crippen LogP contribution in [0.4, 0.5) is 5.82 Å². The van der Waals surface area contributed by atoms with Crippen LogP contribution in [-0.4, -0.2) is 83.0 Å². The number of hydrogen-bond donors (Lipinski definition) is 2. The second-order valence-electron chi connectivity index (χ2n) is 8.15. The number of H-pyrrole nitrogens is 1. The summed E-state index contributed by atoms with van der Waals surface area (Å²) in [6.45, 7) is 5.95. The van der Waals surface area contributed by atoms with Crippen LogP contribution in [-0.2, 0) is 29.2 Å². The van der Waals surface area contributed by atoms with Crippen molar-refractivity contribution in [3.05, 3.63) is 24.3 Å². The van der Waals surface area contributed by atoms with E-state index in [4.69, 9.17) is 14.6 Å². The van der Waals surface area contributed by atoms with Gasteiger partial charge in [-0.3, -0.25) is 9.69 Å². The molecule has 0 amide bonds. The molecule has 2 saturated heterocycles. The topological polar surface area (TPSA) is 138 Å². The normalized spacial score (nSPS) is 23.2. The summed E-state index contributed by atoms with van der Waals surface area (Å²) < 4.78 is 8.62. The third-order valence-corrected chi connectivity index (χ3v) is 6.24. The summed E-state index contributed by atoms with van der Waals surface area (Å²) in [5.41, 5.74) is 1.35. The van der Waals surface area contributed by atoms with E-state index in [0.717, 1.165) is 68.7 Å². The molecule has 3 aromatic rings. The average molecular weight is 427 g/mol. The van der Waals surface area contributed by atoms with E-state index in [1.54, 1.807) is 12.7 Å². The maximum absolute atomic E-state index is 8.36. The van der Waals surface area contributed by atoms with Crippen molar-refractivity contribution >= 4 is 23.5 Å². The number of ether oxygens (including phenoxy) is 1. The molecule has 6 rings (SSSR count). The number of aromatic nitrogens is 7. The van der Waals surface area contributed by atoms with Crippen LogP contribution >= 0.6 is 0 Å². The standard InChI is InChI=1S/C18H23N9O.CH2O2/c1-2-5-25(4-1)7-13-23-24-14-8-28-18(10-27(13)14)3-6-26(9-18)17-15-16(20-11-19-15)21-12-22-17;2-1-3/h11-12H,1-10H2,(H,19,20,21,22);1H,(H,2,3). The molecule has 2 fully saturated rings. The first-order valence-corrected chi connectivity index (χ1v) is 10.5. The molecule has 1 unspecified atom stereocenters. The van der Waals surface area contributed by atoms with Crippen molar-refractivity contribution in [3.63, 3.8) is 0 Å². The van der Waals surface area contributed by atoms with Crippen molar-refractivity contribution < 1.29 is 14.6 Å². The van der Waals surface area contributed by atoms with Gasteiger partial charge >= 0.3 is 0 Å².